The molecule has 0 aliphatic carbocycles. The molecule has 11 nitrogen and oxygen atoms in total. The minimum Gasteiger partial charge on any atom is -0.379 e. The van der Waals surface area contributed by atoms with E-state index in [0.29, 0.717) is 92.5 Å². The Morgan fingerprint density at radius 2 is 0.653 bits per heavy atom. The van der Waals surface area contributed by atoms with Crippen molar-refractivity contribution in [2.75, 3.05) is 112 Å². The first kappa shape index (κ1) is 45.8. The van der Waals surface area contributed by atoms with Crippen LogP contribution >= 0.6 is 0 Å². The van der Waals surface area contributed by atoms with Crippen molar-refractivity contribution in [2.45, 2.75) is 95.3 Å². The topological polar surface area (TPSA) is 117 Å². The van der Waals surface area contributed by atoms with E-state index < -0.39 is 10.1 Å². The van der Waals surface area contributed by atoms with E-state index in [1.54, 1.807) is 18.2 Å². The molecule has 0 aliphatic heterocycles. The van der Waals surface area contributed by atoms with Gasteiger partial charge >= 0.3 is 0 Å². The van der Waals surface area contributed by atoms with E-state index in [1.165, 1.54) is 89.2 Å². The summed E-state index contributed by atoms with van der Waals surface area (Å²) < 4.78 is 72.8. The fourth-order valence-corrected chi connectivity index (χ4v) is 5.64. The van der Waals surface area contributed by atoms with Crippen molar-refractivity contribution in [3.05, 3.63) is 30.3 Å². The highest BCUT2D eigenvalue weighted by Gasteiger charge is 2.13. The van der Waals surface area contributed by atoms with Gasteiger partial charge in [-0.1, -0.05) is 102 Å². The Morgan fingerprint density at radius 1 is 0.367 bits per heavy atom. The van der Waals surface area contributed by atoms with E-state index in [2.05, 4.69) is 6.92 Å². The second kappa shape index (κ2) is 36.6. The molecule has 49 heavy (non-hydrogen) atoms. The molecule has 0 amide bonds. The summed E-state index contributed by atoms with van der Waals surface area (Å²) in [5.74, 6) is 0. The smallest absolute Gasteiger partial charge is 0.297 e. The van der Waals surface area contributed by atoms with Crippen LogP contribution in [0.3, 0.4) is 0 Å². The van der Waals surface area contributed by atoms with E-state index in [9.17, 15) is 8.42 Å². The lowest BCUT2D eigenvalue weighted by molar-refractivity contribution is -0.0236. The van der Waals surface area contributed by atoms with Crippen molar-refractivity contribution < 1.29 is 50.5 Å². The third-order valence-corrected chi connectivity index (χ3v) is 8.82. The maximum atomic E-state index is 12.0. The van der Waals surface area contributed by atoms with Gasteiger partial charge in [0.15, 0.2) is 0 Å². The van der Waals surface area contributed by atoms with E-state index in [1.807, 2.05) is 0 Å². The van der Waals surface area contributed by atoms with Crippen LogP contribution in [0.4, 0.5) is 0 Å². The Labute approximate surface area is 298 Å². The summed E-state index contributed by atoms with van der Waals surface area (Å²) in [6, 6.07) is 8.01. The van der Waals surface area contributed by atoms with E-state index in [4.69, 9.17) is 42.1 Å². The Hall–Kier alpha value is -1.19. The second-order valence-corrected chi connectivity index (χ2v) is 13.3. The molecule has 0 spiro atoms. The predicted molar refractivity (Wildman–Crippen MR) is 192 cm³/mol. The first-order chi connectivity index (χ1) is 24.2. The van der Waals surface area contributed by atoms with E-state index in [0.717, 1.165) is 13.0 Å². The van der Waals surface area contributed by atoms with Crippen LogP contribution in [0.2, 0.25) is 0 Å². The molecule has 0 bridgehead atoms. The number of hydrogen-bond acceptors (Lipinski definition) is 11. The van der Waals surface area contributed by atoms with Crippen molar-refractivity contribution in [1.29, 1.82) is 0 Å². The Balaban J connectivity index is 1.65. The van der Waals surface area contributed by atoms with Crippen molar-refractivity contribution in [1.82, 2.24) is 0 Å². The van der Waals surface area contributed by atoms with Crippen molar-refractivity contribution >= 4 is 10.1 Å². The minimum atomic E-state index is -3.75. The van der Waals surface area contributed by atoms with Crippen LogP contribution in [0.25, 0.3) is 0 Å². The monoisotopic (exact) mass is 720 g/mol. The van der Waals surface area contributed by atoms with Gasteiger partial charge in [-0.05, 0) is 18.6 Å². The third kappa shape index (κ3) is 32.5. The summed E-state index contributed by atoms with van der Waals surface area (Å²) in [4.78, 5) is 0.127. The molecule has 1 aromatic rings. The Kier molecular flexibility index (Phi) is 34.2. The molecule has 0 aliphatic rings. The maximum Gasteiger partial charge on any atom is 0.297 e. The van der Waals surface area contributed by atoms with Gasteiger partial charge < -0.3 is 37.9 Å². The molecule has 1 rings (SSSR count). The van der Waals surface area contributed by atoms with Crippen molar-refractivity contribution in [2.24, 2.45) is 0 Å². The lowest BCUT2D eigenvalue weighted by Crippen LogP contribution is -2.15. The average molecular weight is 721 g/mol. The summed E-state index contributed by atoms with van der Waals surface area (Å²) in [7, 11) is -3.75. The average Bonchev–Trinajstić information content (AvgIpc) is 3.11. The summed E-state index contributed by atoms with van der Waals surface area (Å²) in [6.45, 7) is 10.2. The lowest BCUT2D eigenvalue weighted by Gasteiger charge is -2.09. The van der Waals surface area contributed by atoms with Crippen LogP contribution in [0.5, 0.6) is 0 Å². The predicted octanol–water partition coefficient (Wildman–Crippen LogP) is 6.62. The lowest BCUT2D eigenvalue weighted by atomic mass is 10.0. The SMILES string of the molecule is CCCCCCCCCCCCCCCOCCOCCOCCOCCOCCOCCOCCOCCOS(=O)(=O)c1ccccc1. The van der Waals surface area contributed by atoms with Gasteiger partial charge in [0.25, 0.3) is 10.1 Å². The van der Waals surface area contributed by atoms with E-state index >= 15 is 0 Å². The third-order valence-electron chi connectivity index (χ3n) is 7.49. The Morgan fingerprint density at radius 3 is 1.00 bits per heavy atom. The van der Waals surface area contributed by atoms with Crippen LogP contribution in [0, 0.1) is 0 Å². The summed E-state index contributed by atoms with van der Waals surface area (Å²) in [5, 5.41) is 0. The fraction of sp³-hybridized carbons (Fsp3) is 0.838. The van der Waals surface area contributed by atoms with Gasteiger partial charge in [0.1, 0.15) is 0 Å². The minimum absolute atomic E-state index is 0.0508. The zero-order valence-corrected chi connectivity index (χ0v) is 31.3. The van der Waals surface area contributed by atoms with Crippen LogP contribution < -0.4 is 0 Å². The molecule has 0 fully saturated rings. The van der Waals surface area contributed by atoms with E-state index in [-0.39, 0.29) is 18.1 Å². The number of benzene rings is 1. The van der Waals surface area contributed by atoms with Gasteiger partial charge in [-0.2, -0.15) is 8.42 Å². The number of unbranched alkanes of at least 4 members (excludes halogenated alkanes) is 12. The molecule has 0 heterocycles. The highest BCUT2D eigenvalue weighted by molar-refractivity contribution is 7.86. The molecule has 288 valence electrons. The van der Waals surface area contributed by atoms with Gasteiger partial charge in [-0.3, -0.25) is 4.18 Å². The molecule has 0 aromatic heterocycles. The normalized spacial score (nSPS) is 11.9. The van der Waals surface area contributed by atoms with Crippen LogP contribution in [0.15, 0.2) is 35.2 Å². The molecule has 1 aromatic carbocycles. The number of rotatable bonds is 40. The van der Waals surface area contributed by atoms with Crippen LogP contribution in [0.1, 0.15) is 90.4 Å². The van der Waals surface area contributed by atoms with Crippen molar-refractivity contribution in [3.8, 4) is 0 Å². The molecule has 0 atom stereocenters. The number of ether oxygens (including phenoxy) is 8. The molecule has 0 saturated heterocycles. The molecular formula is C37H68O11S. The molecule has 0 unspecified atom stereocenters. The summed E-state index contributed by atoms with van der Waals surface area (Å²) >= 11 is 0. The fourth-order valence-electron chi connectivity index (χ4n) is 4.72. The van der Waals surface area contributed by atoms with Crippen LogP contribution in [-0.4, -0.2) is 121 Å². The standard InChI is InChI=1S/C37H68O11S/c1-2-3-4-5-6-7-8-9-10-11-12-13-17-20-40-21-22-41-23-24-42-25-26-43-27-28-44-29-30-45-31-32-46-33-34-47-35-36-48-49(38,39)37-18-15-14-16-19-37/h14-16,18-19H,2-13,17,20-36H2,1H3. The maximum absolute atomic E-state index is 12.0. The van der Waals surface area contributed by atoms with Crippen molar-refractivity contribution in [3.63, 3.8) is 0 Å². The molecule has 0 N–H and O–H groups in total. The second-order valence-electron chi connectivity index (χ2n) is 11.7. The zero-order chi connectivity index (χ0) is 35.2. The highest BCUT2D eigenvalue weighted by Crippen LogP contribution is 2.13. The molecule has 0 radical (unpaired) electrons. The summed E-state index contributed by atoms with van der Waals surface area (Å²) in [5.41, 5.74) is 0. The van der Waals surface area contributed by atoms with Gasteiger partial charge in [0.05, 0.1) is 111 Å². The van der Waals surface area contributed by atoms with Gasteiger partial charge in [-0.15, -0.1) is 0 Å². The van der Waals surface area contributed by atoms with Gasteiger partial charge in [0, 0.05) is 6.61 Å². The quantitative estimate of drug-likeness (QED) is 0.0538. The first-order valence-electron chi connectivity index (χ1n) is 18.7. The zero-order valence-electron chi connectivity index (χ0n) is 30.5. The van der Waals surface area contributed by atoms with Gasteiger partial charge in [0.2, 0.25) is 0 Å². The Bertz CT molecular complexity index is 890. The van der Waals surface area contributed by atoms with Crippen LogP contribution in [-0.2, 0) is 52.2 Å². The van der Waals surface area contributed by atoms with Gasteiger partial charge in [-0.25, -0.2) is 0 Å². The number of hydrogen-bond donors (Lipinski definition) is 0. The largest absolute Gasteiger partial charge is 0.379 e. The molecular weight excluding hydrogens is 652 g/mol. The summed E-state index contributed by atoms with van der Waals surface area (Å²) in [6.07, 6.45) is 17.7. The first-order valence-corrected chi connectivity index (χ1v) is 20.1. The highest BCUT2D eigenvalue weighted by atomic mass is 32.2. The molecule has 12 heteroatoms. The molecule has 0 saturated carbocycles.